The standard InChI is InChI=1S/C77H147N2O7P/c1-7-10-13-16-19-22-25-28-30-32-34-36-37-38-39-40-41-43-44-46-48-51-54-57-60-63-66-69-76(80)78-74(73-85-87(82,83)84-72-71-79(4,5)6)75(68-65-62-59-56-53-50-27-24-21-18-15-12-9-3)86-77(81)70-67-64-61-58-55-52-49-47-45-42-35-33-31-29-26-23-20-17-14-11-8-2/h20,23,29,31,35,42,65,68,74-75H,7-19,21-22,24-28,30,32-34,36-41,43-64,66-67,69-73H2,1-6H3,(H-,78,80,82,83)/p+1/b23-20-,31-29-,42-35-,68-65+. The summed E-state index contributed by atoms with van der Waals surface area (Å²) in [6.07, 6.45) is 85.6. The summed E-state index contributed by atoms with van der Waals surface area (Å²) in [4.78, 5) is 38.0. The third-order valence-electron chi connectivity index (χ3n) is 17.3. The van der Waals surface area contributed by atoms with Crippen molar-refractivity contribution in [3.63, 3.8) is 0 Å². The lowest BCUT2D eigenvalue weighted by Crippen LogP contribution is -2.47. The number of hydrogen-bond acceptors (Lipinski definition) is 6. The molecule has 0 saturated heterocycles. The Hall–Kier alpha value is -2.03. The molecule has 0 rings (SSSR count). The first-order valence-electron chi connectivity index (χ1n) is 38.0. The third kappa shape index (κ3) is 68.2. The second-order valence-electron chi connectivity index (χ2n) is 27.2. The number of unbranched alkanes of at least 4 members (excludes halogenated alkanes) is 48. The molecular formula is C77H148N2O7P+. The Morgan fingerprint density at radius 2 is 0.701 bits per heavy atom. The molecule has 0 aliphatic rings. The van der Waals surface area contributed by atoms with Crippen LogP contribution >= 0.6 is 7.82 Å². The van der Waals surface area contributed by atoms with Crippen molar-refractivity contribution in [1.82, 2.24) is 5.32 Å². The van der Waals surface area contributed by atoms with Crippen LogP contribution in [0.2, 0.25) is 0 Å². The molecule has 0 aromatic carbocycles. The molecule has 0 aliphatic carbocycles. The van der Waals surface area contributed by atoms with Crippen LogP contribution in [0.15, 0.2) is 48.6 Å². The molecule has 0 heterocycles. The maximum Gasteiger partial charge on any atom is 0.472 e. The van der Waals surface area contributed by atoms with Gasteiger partial charge in [0.25, 0.3) is 0 Å². The molecule has 0 fully saturated rings. The van der Waals surface area contributed by atoms with E-state index in [2.05, 4.69) is 62.5 Å². The molecule has 9 nitrogen and oxygen atoms in total. The predicted octanol–water partition coefficient (Wildman–Crippen LogP) is 24.4. The molecule has 3 atom stereocenters. The lowest BCUT2D eigenvalue weighted by Gasteiger charge is -2.27. The predicted molar refractivity (Wildman–Crippen MR) is 379 cm³/mol. The highest BCUT2D eigenvalue weighted by Gasteiger charge is 2.30. The van der Waals surface area contributed by atoms with Crippen molar-refractivity contribution >= 4 is 19.7 Å². The van der Waals surface area contributed by atoms with Crippen LogP contribution in [0.3, 0.4) is 0 Å². The summed E-state index contributed by atoms with van der Waals surface area (Å²) < 4.78 is 30.9. The van der Waals surface area contributed by atoms with E-state index in [1.165, 1.54) is 263 Å². The smallest absolute Gasteiger partial charge is 0.456 e. The van der Waals surface area contributed by atoms with Crippen LogP contribution in [0.5, 0.6) is 0 Å². The summed E-state index contributed by atoms with van der Waals surface area (Å²) in [5.74, 6) is -0.494. The molecule has 0 aromatic rings. The summed E-state index contributed by atoms with van der Waals surface area (Å²) in [6.45, 7) is 7.05. The minimum absolute atomic E-state index is 0.0407. The summed E-state index contributed by atoms with van der Waals surface area (Å²) in [5.41, 5.74) is 0. The lowest BCUT2D eigenvalue weighted by molar-refractivity contribution is -0.870. The van der Waals surface area contributed by atoms with E-state index in [4.69, 9.17) is 13.8 Å². The Labute approximate surface area is 541 Å². The topological polar surface area (TPSA) is 111 Å². The Morgan fingerprint density at radius 1 is 0.402 bits per heavy atom. The van der Waals surface area contributed by atoms with Gasteiger partial charge in [-0.1, -0.05) is 346 Å². The van der Waals surface area contributed by atoms with Gasteiger partial charge in [-0.15, -0.1) is 0 Å². The van der Waals surface area contributed by atoms with Crippen LogP contribution < -0.4 is 5.32 Å². The number of rotatable bonds is 70. The zero-order valence-corrected chi connectivity index (χ0v) is 59.7. The van der Waals surface area contributed by atoms with E-state index >= 15 is 0 Å². The Bertz CT molecular complexity index is 1620. The number of nitrogens with zero attached hydrogens (tertiary/aromatic N) is 1. The second kappa shape index (κ2) is 66.9. The van der Waals surface area contributed by atoms with Crippen molar-refractivity contribution in [1.29, 1.82) is 0 Å². The number of nitrogens with one attached hydrogen (secondary N) is 1. The molecule has 2 N–H and O–H groups in total. The van der Waals surface area contributed by atoms with E-state index in [1.807, 2.05) is 33.3 Å². The van der Waals surface area contributed by atoms with E-state index < -0.39 is 20.0 Å². The van der Waals surface area contributed by atoms with E-state index in [0.29, 0.717) is 17.4 Å². The molecular weight excluding hydrogens is 1100 g/mol. The summed E-state index contributed by atoms with van der Waals surface area (Å²) >= 11 is 0. The van der Waals surface area contributed by atoms with E-state index in [1.54, 1.807) is 0 Å². The maximum atomic E-state index is 13.7. The Morgan fingerprint density at radius 3 is 1.07 bits per heavy atom. The van der Waals surface area contributed by atoms with E-state index in [-0.39, 0.29) is 31.5 Å². The minimum Gasteiger partial charge on any atom is -0.456 e. The van der Waals surface area contributed by atoms with Crippen molar-refractivity contribution in [2.75, 3.05) is 40.9 Å². The molecule has 10 heteroatoms. The number of allylic oxidation sites excluding steroid dienone is 7. The van der Waals surface area contributed by atoms with Crippen molar-refractivity contribution in [2.45, 2.75) is 392 Å². The molecule has 3 unspecified atom stereocenters. The van der Waals surface area contributed by atoms with Crippen LogP contribution in [0, 0.1) is 0 Å². The number of ether oxygens (including phenoxy) is 1. The molecule has 512 valence electrons. The van der Waals surface area contributed by atoms with Gasteiger partial charge in [0.05, 0.1) is 33.8 Å². The van der Waals surface area contributed by atoms with Crippen molar-refractivity contribution < 1.29 is 37.3 Å². The monoisotopic (exact) mass is 1240 g/mol. The highest BCUT2D eigenvalue weighted by molar-refractivity contribution is 7.47. The summed E-state index contributed by atoms with van der Waals surface area (Å²) in [7, 11) is 1.51. The molecule has 1 amide bonds. The average molecular weight is 1250 g/mol. The highest BCUT2D eigenvalue weighted by Crippen LogP contribution is 2.43. The number of carbonyl (C=O) groups is 2. The SMILES string of the molecule is CCCCC/C=C\C/C=C\C/C=C\CCCCCCCCCCC(=O)OC(/C=C/CCCCCCCCCCCCC)C(COP(=O)(O)OCC[N+](C)(C)C)NC(=O)CCCCCCCCCCCCCCCCCCCCCCCCCCCCC. The Balaban J connectivity index is 4.99. The first-order valence-corrected chi connectivity index (χ1v) is 39.5. The summed E-state index contributed by atoms with van der Waals surface area (Å²) in [5, 5.41) is 3.08. The largest absolute Gasteiger partial charge is 0.472 e. The number of likely N-dealkylation sites (N-methyl/N-ethyl adjacent to an activating group) is 1. The highest BCUT2D eigenvalue weighted by atomic mass is 31.2. The van der Waals surface area contributed by atoms with Crippen molar-refractivity contribution in [2.24, 2.45) is 0 Å². The molecule has 87 heavy (non-hydrogen) atoms. The van der Waals surface area contributed by atoms with Crippen LogP contribution in [0.4, 0.5) is 0 Å². The van der Waals surface area contributed by atoms with Gasteiger partial charge in [-0.25, -0.2) is 4.57 Å². The van der Waals surface area contributed by atoms with E-state index in [9.17, 15) is 19.0 Å². The number of phosphoric ester groups is 1. The van der Waals surface area contributed by atoms with Crippen LogP contribution in [0.25, 0.3) is 0 Å². The van der Waals surface area contributed by atoms with Gasteiger partial charge in [0.1, 0.15) is 19.3 Å². The average Bonchev–Trinajstić information content (AvgIpc) is 3.70. The number of carbonyl (C=O) groups excluding carboxylic acids is 2. The lowest BCUT2D eigenvalue weighted by atomic mass is 10.0. The zero-order valence-electron chi connectivity index (χ0n) is 58.8. The number of hydrogen-bond donors (Lipinski definition) is 2. The third-order valence-corrected chi connectivity index (χ3v) is 18.3. The van der Waals surface area contributed by atoms with Crippen LogP contribution in [-0.2, 0) is 27.9 Å². The summed E-state index contributed by atoms with van der Waals surface area (Å²) in [6, 6.07) is -0.851. The quantitative estimate of drug-likeness (QED) is 0.0205. The van der Waals surface area contributed by atoms with Gasteiger partial charge < -0.3 is 19.4 Å². The number of amides is 1. The molecule has 0 aromatic heterocycles. The van der Waals surface area contributed by atoms with Gasteiger partial charge in [-0.2, -0.15) is 0 Å². The number of esters is 1. The molecule has 0 saturated carbocycles. The van der Waals surface area contributed by atoms with Crippen molar-refractivity contribution in [3.05, 3.63) is 48.6 Å². The maximum absolute atomic E-state index is 13.7. The first-order chi connectivity index (χ1) is 42.4. The van der Waals surface area contributed by atoms with Gasteiger partial charge in [-0.05, 0) is 70.3 Å². The van der Waals surface area contributed by atoms with Crippen LogP contribution in [-0.4, -0.2) is 74.3 Å². The molecule has 0 aliphatic heterocycles. The fourth-order valence-electron chi connectivity index (χ4n) is 11.4. The van der Waals surface area contributed by atoms with E-state index in [0.717, 1.165) is 83.5 Å². The fraction of sp³-hybridized carbons (Fsp3) is 0.870. The molecule has 0 radical (unpaired) electrons. The van der Waals surface area contributed by atoms with Crippen LogP contribution in [0.1, 0.15) is 380 Å². The van der Waals surface area contributed by atoms with Gasteiger partial charge in [0.2, 0.25) is 5.91 Å². The number of phosphoric acid groups is 1. The van der Waals surface area contributed by atoms with Gasteiger partial charge in [-0.3, -0.25) is 18.6 Å². The molecule has 0 bridgehead atoms. The Kier molecular flexibility index (Phi) is 65.3. The fourth-order valence-corrected chi connectivity index (χ4v) is 12.2. The second-order valence-corrected chi connectivity index (χ2v) is 28.6. The van der Waals surface area contributed by atoms with Gasteiger partial charge in [0, 0.05) is 12.8 Å². The normalized spacial score (nSPS) is 13.7. The minimum atomic E-state index is -4.46. The number of quaternary nitrogens is 1. The molecule has 0 spiro atoms. The zero-order chi connectivity index (χ0) is 63.5. The first kappa shape index (κ1) is 85.0. The van der Waals surface area contributed by atoms with Gasteiger partial charge in [0.15, 0.2) is 0 Å². The van der Waals surface area contributed by atoms with Gasteiger partial charge >= 0.3 is 13.8 Å². The van der Waals surface area contributed by atoms with Crippen molar-refractivity contribution in [3.8, 4) is 0 Å².